The molecule has 8 heteroatoms. The van der Waals surface area contributed by atoms with Gasteiger partial charge in [-0.3, -0.25) is 9.10 Å². The number of hydrogen-bond donors (Lipinski definition) is 1. The van der Waals surface area contributed by atoms with Gasteiger partial charge in [-0.05, 0) is 82.4 Å². The predicted molar refractivity (Wildman–Crippen MR) is 140 cm³/mol. The Morgan fingerprint density at radius 3 is 2.21 bits per heavy atom. The number of carbonyl (C=O) groups is 1. The lowest BCUT2D eigenvalue weighted by molar-refractivity contribution is -0.118. The van der Waals surface area contributed by atoms with Gasteiger partial charge in [-0.1, -0.05) is 45.0 Å². The van der Waals surface area contributed by atoms with Crippen molar-refractivity contribution in [1.29, 1.82) is 0 Å². The summed E-state index contributed by atoms with van der Waals surface area (Å²) in [4.78, 5) is 12.5. The van der Waals surface area contributed by atoms with E-state index in [9.17, 15) is 13.2 Å². The topological polar surface area (TPSA) is 75.7 Å². The van der Waals surface area contributed by atoms with Gasteiger partial charge in [-0.15, -0.1) is 0 Å². The number of amides is 1. The largest absolute Gasteiger partial charge is 0.483 e. The number of ether oxygens (including phenoxy) is 1. The predicted octanol–water partition coefficient (Wildman–Crippen LogP) is 5.98. The fourth-order valence-electron chi connectivity index (χ4n) is 3.35. The maximum absolute atomic E-state index is 13.1. The van der Waals surface area contributed by atoms with Crippen molar-refractivity contribution in [3.63, 3.8) is 0 Å². The molecule has 0 saturated carbocycles. The van der Waals surface area contributed by atoms with Crippen molar-refractivity contribution in [2.75, 3.05) is 22.8 Å². The Kier molecular flexibility index (Phi) is 8.05. The standard InChI is InChI=1S/C26H29BrN2O4S/c1-5-29(21-9-7-6-8-10-21)34(31,32)22-14-12-20(13-15-22)28-25(30)18-33-24-16-11-19(17-23(24)27)26(2,3)4/h6-17H,5,18H2,1-4H3,(H,28,30). The molecule has 0 aliphatic carbocycles. The number of nitrogens with one attached hydrogen (secondary N) is 1. The van der Waals surface area contributed by atoms with Crippen molar-refractivity contribution in [1.82, 2.24) is 0 Å². The van der Waals surface area contributed by atoms with Gasteiger partial charge in [0, 0.05) is 12.2 Å². The quantitative estimate of drug-likeness (QED) is 0.378. The first kappa shape index (κ1) is 25.8. The van der Waals surface area contributed by atoms with Crippen LogP contribution in [0.25, 0.3) is 0 Å². The number of hydrogen-bond acceptors (Lipinski definition) is 4. The molecule has 3 rings (SSSR count). The second-order valence-corrected chi connectivity index (χ2v) is 11.5. The molecule has 0 radical (unpaired) electrons. The minimum absolute atomic E-state index is 0.00727. The SMILES string of the molecule is CCN(c1ccccc1)S(=O)(=O)c1ccc(NC(=O)COc2ccc(C(C)(C)C)cc2Br)cc1. The van der Waals surface area contributed by atoms with Crippen molar-refractivity contribution in [3.05, 3.63) is 82.8 Å². The summed E-state index contributed by atoms with van der Waals surface area (Å²) in [6, 6.07) is 20.8. The van der Waals surface area contributed by atoms with Crippen LogP contribution >= 0.6 is 15.9 Å². The molecule has 0 spiro atoms. The first-order valence-electron chi connectivity index (χ1n) is 10.9. The summed E-state index contributed by atoms with van der Waals surface area (Å²) in [6.07, 6.45) is 0. The Hall–Kier alpha value is -2.84. The van der Waals surface area contributed by atoms with Gasteiger partial charge in [-0.2, -0.15) is 0 Å². The molecular weight excluding hydrogens is 516 g/mol. The summed E-state index contributed by atoms with van der Waals surface area (Å²) in [5, 5.41) is 2.73. The number of carbonyl (C=O) groups excluding carboxylic acids is 1. The summed E-state index contributed by atoms with van der Waals surface area (Å²) < 4.78 is 34.0. The van der Waals surface area contributed by atoms with Gasteiger partial charge in [0.25, 0.3) is 15.9 Å². The average Bonchev–Trinajstić information content (AvgIpc) is 2.79. The smallest absolute Gasteiger partial charge is 0.264 e. The molecule has 0 aromatic heterocycles. The maximum Gasteiger partial charge on any atom is 0.264 e. The zero-order valence-corrected chi connectivity index (χ0v) is 22.1. The van der Waals surface area contributed by atoms with E-state index in [4.69, 9.17) is 4.74 Å². The molecule has 0 unspecified atom stereocenters. The van der Waals surface area contributed by atoms with E-state index in [-0.39, 0.29) is 22.8 Å². The highest BCUT2D eigenvalue weighted by Crippen LogP contribution is 2.31. The van der Waals surface area contributed by atoms with Gasteiger partial charge >= 0.3 is 0 Å². The summed E-state index contributed by atoms with van der Waals surface area (Å²) in [7, 11) is -3.72. The molecule has 3 aromatic carbocycles. The summed E-state index contributed by atoms with van der Waals surface area (Å²) in [6.45, 7) is 8.29. The molecule has 0 heterocycles. The van der Waals surface area contributed by atoms with E-state index in [1.54, 1.807) is 43.3 Å². The minimum atomic E-state index is -3.72. The Bertz CT molecular complexity index is 1240. The Morgan fingerprint density at radius 1 is 1.00 bits per heavy atom. The van der Waals surface area contributed by atoms with Crippen LogP contribution in [-0.4, -0.2) is 27.5 Å². The molecular formula is C26H29BrN2O4S. The Balaban J connectivity index is 1.64. The number of sulfonamides is 1. The fourth-order valence-corrected chi connectivity index (χ4v) is 5.31. The van der Waals surface area contributed by atoms with E-state index < -0.39 is 10.0 Å². The number of rotatable bonds is 8. The first-order valence-corrected chi connectivity index (χ1v) is 13.2. The molecule has 0 aliphatic rings. The van der Waals surface area contributed by atoms with Crippen LogP contribution in [0.2, 0.25) is 0 Å². The summed E-state index contributed by atoms with van der Waals surface area (Å²) in [5.41, 5.74) is 2.24. The first-order chi connectivity index (χ1) is 16.0. The Morgan fingerprint density at radius 2 is 1.65 bits per heavy atom. The second-order valence-electron chi connectivity index (χ2n) is 8.76. The van der Waals surface area contributed by atoms with Gasteiger partial charge in [0.2, 0.25) is 0 Å². The molecule has 0 saturated heterocycles. The van der Waals surface area contributed by atoms with Gasteiger partial charge in [-0.25, -0.2) is 8.42 Å². The van der Waals surface area contributed by atoms with E-state index in [0.717, 1.165) is 10.0 Å². The number of para-hydroxylation sites is 1. The molecule has 0 fully saturated rings. The number of anilines is 2. The van der Waals surface area contributed by atoms with Crippen LogP contribution in [-0.2, 0) is 20.2 Å². The Labute approximate surface area is 210 Å². The van der Waals surface area contributed by atoms with Crippen LogP contribution in [0, 0.1) is 0 Å². The minimum Gasteiger partial charge on any atom is -0.483 e. The van der Waals surface area contributed by atoms with E-state index >= 15 is 0 Å². The second kappa shape index (κ2) is 10.6. The summed E-state index contributed by atoms with van der Waals surface area (Å²) >= 11 is 3.50. The molecule has 3 aromatic rings. The van der Waals surface area contributed by atoms with E-state index in [2.05, 4.69) is 42.0 Å². The van der Waals surface area contributed by atoms with Crippen LogP contribution in [0.5, 0.6) is 5.75 Å². The third kappa shape index (κ3) is 6.18. The molecule has 34 heavy (non-hydrogen) atoms. The molecule has 0 aliphatic heterocycles. The molecule has 0 atom stereocenters. The lowest BCUT2D eigenvalue weighted by Gasteiger charge is -2.23. The van der Waals surface area contributed by atoms with Gasteiger partial charge < -0.3 is 10.1 Å². The fraction of sp³-hybridized carbons (Fsp3) is 0.269. The van der Waals surface area contributed by atoms with Crippen LogP contribution in [0.15, 0.2) is 82.2 Å². The van der Waals surface area contributed by atoms with Crippen molar-refractivity contribution >= 4 is 43.2 Å². The molecule has 6 nitrogen and oxygen atoms in total. The third-order valence-corrected chi connectivity index (χ3v) is 7.75. The van der Waals surface area contributed by atoms with E-state index in [1.807, 2.05) is 24.3 Å². The van der Waals surface area contributed by atoms with Gasteiger partial charge in [0.1, 0.15) is 5.75 Å². The van der Waals surface area contributed by atoms with Gasteiger partial charge in [0.15, 0.2) is 6.61 Å². The highest BCUT2D eigenvalue weighted by molar-refractivity contribution is 9.10. The van der Waals surface area contributed by atoms with E-state index in [0.29, 0.717) is 23.7 Å². The number of halogens is 1. The average molecular weight is 545 g/mol. The number of nitrogens with zero attached hydrogens (tertiary/aromatic N) is 1. The molecule has 0 bridgehead atoms. The van der Waals surface area contributed by atoms with Crippen molar-refractivity contribution in [3.8, 4) is 5.75 Å². The lowest BCUT2D eigenvalue weighted by atomic mass is 9.87. The van der Waals surface area contributed by atoms with Crippen LogP contribution in [0.1, 0.15) is 33.3 Å². The molecule has 1 amide bonds. The van der Waals surface area contributed by atoms with Crippen LogP contribution in [0.4, 0.5) is 11.4 Å². The van der Waals surface area contributed by atoms with Crippen molar-refractivity contribution < 1.29 is 17.9 Å². The lowest BCUT2D eigenvalue weighted by Crippen LogP contribution is -2.30. The summed E-state index contributed by atoms with van der Waals surface area (Å²) in [5.74, 6) is 0.229. The molecule has 1 N–H and O–H groups in total. The van der Waals surface area contributed by atoms with Crippen LogP contribution < -0.4 is 14.4 Å². The normalized spacial score (nSPS) is 11.7. The maximum atomic E-state index is 13.1. The monoisotopic (exact) mass is 544 g/mol. The highest BCUT2D eigenvalue weighted by atomic mass is 79.9. The van der Waals surface area contributed by atoms with Crippen LogP contribution in [0.3, 0.4) is 0 Å². The molecule has 180 valence electrons. The number of benzene rings is 3. The van der Waals surface area contributed by atoms with Crippen molar-refractivity contribution in [2.24, 2.45) is 0 Å². The zero-order chi connectivity index (χ0) is 24.9. The van der Waals surface area contributed by atoms with E-state index in [1.165, 1.54) is 16.4 Å². The van der Waals surface area contributed by atoms with Gasteiger partial charge in [0.05, 0.1) is 15.1 Å². The highest BCUT2D eigenvalue weighted by Gasteiger charge is 2.23. The van der Waals surface area contributed by atoms with Crippen molar-refractivity contribution in [2.45, 2.75) is 38.0 Å². The zero-order valence-electron chi connectivity index (χ0n) is 19.7. The third-order valence-electron chi connectivity index (χ3n) is 5.21.